The molecule has 4 amide bonds. The van der Waals surface area contributed by atoms with E-state index in [4.69, 9.17) is 38.2 Å². The molecule has 2 aromatic carbocycles. The van der Waals surface area contributed by atoms with Crippen molar-refractivity contribution in [3.05, 3.63) is 87.5 Å². The van der Waals surface area contributed by atoms with Gasteiger partial charge < -0.3 is 94.4 Å². The molecule has 99 heavy (non-hydrogen) atoms. The monoisotopic (exact) mass is 1430 g/mol. The number of alkyl carbamates (subject to hydrolysis) is 1. The average molecular weight is 1430 g/mol. The molecule has 1 saturated heterocycles. The van der Waals surface area contributed by atoms with E-state index in [-0.39, 0.29) is 68.4 Å². The standard InChI is InChI=1S/C66H91N7O24P2/c1-14-47(77)92-31-93-64(84)69-42(28-46(76)68-41-18-16-40(17-19-41)27-48(98(85,86)87)99(88,89)90)63(83)67-29-43(75)45-20-15-34(6)62(82)70-54-53-52(71-66(72-53)22-24-73(25-23-66)30-32(2)3)49-50(57(54)80)56(79)38(10)60-51(49)61(81)65(12,97-60)94-26-21-44(91-13)35(7)59(95-39(11)74)37(9)55(78)36(8)58(96-45)33(4)5/h15-19,21,26,32-33,35-37,42,44-45,48,55,58-59,72,78-79H,14,20,22-25,27-31H2,1-13H3,(H,67,83)(H,68,76)(H,69,84)(H,70,82)(H2,85,86,87)(H2,88,89,90)/b26-21+,34-15-/t35-,36+,37-,42-,44+,45?,55-,58+,59-,65+/m1/s1. The lowest BCUT2D eigenvalue weighted by Crippen LogP contribution is -2.51. The van der Waals surface area contributed by atoms with E-state index in [2.05, 4.69) is 45.3 Å². The molecule has 1 spiro atoms. The van der Waals surface area contributed by atoms with Crippen molar-refractivity contribution in [3.63, 3.8) is 0 Å². The van der Waals surface area contributed by atoms with Gasteiger partial charge >= 0.3 is 39.0 Å². The van der Waals surface area contributed by atoms with Crippen LogP contribution in [0, 0.1) is 36.5 Å². The second-order valence-corrected chi connectivity index (χ2v) is 30.5. The number of allylic oxidation sites excluding steroid dienone is 2. The zero-order valence-electron chi connectivity index (χ0n) is 57.6. The van der Waals surface area contributed by atoms with Crippen LogP contribution >= 0.6 is 15.2 Å². The molecule has 0 radical (unpaired) electrons. The van der Waals surface area contributed by atoms with Crippen molar-refractivity contribution in [1.82, 2.24) is 26.2 Å². The van der Waals surface area contributed by atoms with Crippen LogP contribution < -0.4 is 31.3 Å². The number of aliphatic hydroxyl groups is 1. The summed E-state index contributed by atoms with van der Waals surface area (Å²) in [7, 11) is -9.20. The number of esters is 2. The first-order chi connectivity index (χ1) is 46.2. The maximum atomic E-state index is 15.3. The number of nitrogens with one attached hydrogen (secondary N) is 5. The number of likely N-dealkylation sites (tertiary alicyclic amines) is 1. The van der Waals surface area contributed by atoms with Crippen LogP contribution in [0.25, 0.3) is 0 Å². The molecular formula is C66H91N7O24P2. The predicted octanol–water partition coefficient (Wildman–Crippen LogP) is 4.81. The normalized spacial score (nSPS) is 25.6. The SMILES string of the molecule is CCC(=O)OCOC(=O)N[C@H](CC(=O)Nc1ccc(CC(P(=O)(O)O)P(=O)(O)O)cc1)C(=O)NCC(=O)C1C/C=C(/C)C(=O)NC2=C3NC4(CCN(CC(C)C)CC4)N=C3c3c(c(O)c(C)c4c3C(=O)[C@@](C)(O/C=C/[C@H](OC)[C@@H](C)[C@@H](OC(C)=O)[C@H](C)[C@H](O)[C@H](C)[C@H](C(C)C)O1)O4)C2=O. The fourth-order valence-electron chi connectivity index (χ4n) is 12.8. The number of phenols is 1. The molecule has 10 atom stereocenters. The highest BCUT2D eigenvalue weighted by Crippen LogP contribution is 2.61. The summed E-state index contributed by atoms with van der Waals surface area (Å²) in [6.45, 7) is 19.8. The topological polar surface area (TPSA) is 450 Å². The number of nitrogens with zero attached hydrogens (tertiary/aromatic N) is 2. The Labute approximate surface area is 572 Å². The van der Waals surface area contributed by atoms with E-state index in [1.165, 1.54) is 84.4 Å². The number of phenolic OH excluding ortho intramolecular Hbond substituents is 1. The minimum Gasteiger partial charge on any atom is -0.507 e. The minimum absolute atomic E-state index is 0.000870. The summed E-state index contributed by atoms with van der Waals surface area (Å²) in [6.07, 6.45) is -4.69. The van der Waals surface area contributed by atoms with Gasteiger partial charge in [-0.2, -0.15) is 0 Å². The summed E-state index contributed by atoms with van der Waals surface area (Å²) in [4.78, 5) is 172. The van der Waals surface area contributed by atoms with Crippen molar-refractivity contribution >= 4 is 79.7 Å². The van der Waals surface area contributed by atoms with E-state index < -0.39 is 184 Å². The highest BCUT2D eigenvalue weighted by molar-refractivity contribution is 7.70. The number of aliphatic hydroxyl groups excluding tert-OH is 1. The molecule has 7 rings (SSSR count). The number of hydrogen-bond donors (Lipinski definition) is 11. The number of carbonyl (C=O) groups is 9. The van der Waals surface area contributed by atoms with Gasteiger partial charge in [-0.3, -0.25) is 52.5 Å². The van der Waals surface area contributed by atoms with Crippen LogP contribution in [0.3, 0.4) is 0 Å². The van der Waals surface area contributed by atoms with E-state index in [1.54, 1.807) is 34.6 Å². The predicted molar refractivity (Wildman–Crippen MR) is 355 cm³/mol. The second-order valence-electron chi connectivity index (χ2n) is 26.5. The Morgan fingerprint density at radius 2 is 1.54 bits per heavy atom. The van der Waals surface area contributed by atoms with Crippen LogP contribution in [0.15, 0.2) is 64.6 Å². The average Bonchev–Trinajstić information content (AvgIpc) is 1.56. The number of benzene rings is 2. The number of piperidine rings is 1. The van der Waals surface area contributed by atoms with Crippen LogP contribution in [0.4, 0.5) is 10.5 Å². The number of amides is 4. The molecule has 1 unspecified atom stereocenters. The highest BCUT2D eigenvalue weighted by atomic mass is 31.2. The van der Waals surface area contributed by atoms with Gasteiger partial charge in [0.1, 0.15) is 41.1 Å². The minimum atomic E-state index is -5.29. The van der Waals surface area contributed by atoms with Crippen molar-refractivity contribution < 1.29 is 115 Å². The zero-order chi connectivity index (χ0) is 73.6. The molecule has 11 N–H and O–H groups in total. The molecule has 1 aliphatic carbocycles. The van der Waals surface area contributed by atoms with Gasteiger partial charge in [0.2, 0.25) is 24.4 Å². The number of aliphatic imine (C=N–C) groups is 1. The van der Waals surface area contributed by atoms with Gasteiger partial charge in [0, 0.05) is 100.0 Å². The summed E-state index contributed by atoms with van der Waals surface area (Å²) < 4.78 is 64.7. The van der Waals surface area contributed by atoms with Crippen molar-refractivity contribution in [3.8, 4) is 11.5 Å². The molecule has 544 valence electrons. The number of Topliss-reactive ketones (excluding diaryl/α,β-unsaturated/α-hetero) is 3. The fourth-order valence-corrected chi connectivity index (χ4v) is 15.2. The van der Waals surface area contributed by atoms with Crippen LogP contribution in [-0.2, 0) is 72.7 Å². The fraction of sp³-hybridized carbons (Fsp3) is 0.576. The molecule has 4 heterocycles. The molecule has 4 bridgehead atoms. The van der Waals surface area contributed by atoms with Gasteiger partial charge in [-0.1, -0.05) is 73.6 Å². The van der Waals surface area contributed by atoms with Crippen molar-refractivity contribution in [1.29, 1.82) is 0 Å². The Hall–Kier alpha value is -7.70. The molecule has 4 aliphatic heterocycles. The zero-order valence-corrected chi connectivity index (χ0v) is 59.4. The Morgan fingerprint density at radius 1 is 0.889 bits per heavy atom. The number of rotatable bonds is 20. The number of ether oxygens (including phenoxy) is 7. The third-order valence-corrected chi connectivity index (χ3v) is 21.9. The number of fused-ring (bicyclic) bond motifs is 1. The Kier molecular flexibility index (Phi) is 25.7. The lowest BCUT2D eigenvalue weighted by molar-refractivity contribution is -0.164. The maximum absolute atomic E-state index is 15.3. The van der Waals surface area contributed by atoms with Gasteiger partial charge in [-0.05, 0) is 62.3 Å². The van der Waals surface area contributed by atoms with Gasteiger partial charge in [0.25, 0.3) is 11.7 Å². The van der Waals surface area contributed by atoms with Crippen LogP contribution in [0.1, 0.15) is 146 Å². The third kappa shape index (κ3) is 18.6. The number of methoxy groups -OCH3 is 1. The molecule has 0 aromatic heterocycles. The largest absolute Gasteiger partial charge is 0.507 e. The quantitative estimate of drug-likeness (QED) is 0.0481. The Morgan fingerprint density at radius 3 is 2.12 bits per heavy atom. The van der Waals surface area contributed by atoms with Gasteiger partial charge in [0.15, 0.2) is 11.2 Å². The molecular weight excluding hydrogens is 1340 g/mol. The first-order valence-electron chi connectivity index (χ1n) is 32.5. The first-order valence-corrected chi connectivity index (χ1v) is 35.9. The summed E-state index contributed by atoms with van der Waals surface area (Å²) in [5.41, 5.74) is -1.71. The summed E-state index contributed by atoms with van der Waals surface area (Å²) in [6, 6.07) is 3.07. The lowest BCUT2D eigenvalue weighted by Gasteiger charge is -2.39. The van der Waals surface area contributed by atoms with E-state index >= 15 is 9.59 Å². The summed E-state index contributed by atoms with van der Waals surface area (Å²) in [5.74, 6) is -12.4. The van der Waals surface area contributed by atoms with Gasteiger partial charge in [0.05, 0.1) is 60.1 Å². The first kappa shape index (κ1) is 78.6. The van der Waals surface area contributed by atoms with Crippen LogP contribution in [0.5, 0.6) is 11.5 Å². The maximum Gasteiger partial charge on any atom is 0.410 e. The van der Waals surface area contributed by atoms with Gasteiger partial charge in [-0.25, -0.2) is 4.79 Å². The number of carbonyl (C=O) groups excluding carboxylic acids is 9. The summed E-state index contributed by atoms with van der Waals surface area (Å²) >= 11 is 0. The Bertz CT molecular complexity index is 3660. The molecule has 5 aliphatic rings. The van der Waals surface area contributed by atoms with Crippen LogP contribution in [0.2, 0.25) is 0 Å². The number of hydrogen-bond acceptors (Lipinski definition) is 23. The summed E-state index contributed by atoms with van der Waals surface area (Å²) in [5, 5.41) is 35.4. The number of ketones is 3. The molecule has 2 aromatic rings. The number of aromatic hydroxyl groups is 1. The van der Waals surface area contributed by atoms with E-state index in [1.807, 2.05) is 0 Å². The number of anilines is 1. The molecule has 0 saturated carbocycles. The van der Waals surface area contributed by atoms with Crippen molar-refractivity contribution in [2.45, 2.75) is 175 Å². The van der Waals surface area contributed by atoms with Crippen LogP contribution in [-0.4, -0.2) is 187 Å². The van der Waals surface area contributed by atoms with Crippen molar-refractivity contribution in [2.24, 2.45) is 34.6 Å². The smallest absolute Gasteiger partial charge is 0.410 e. The van der Waals surface area contributed by atoms with E-state index in [0.717, 1.165) is 6.54 Å². The molecule has 1 fully saturated rings. The lowest BCUT2D eigenvalue weighted by atomic mass is 9.78. The third-order valence-electron chi connectivity index (χ3n) is 18.2. The van der Waals surface area contributed by atoms with Crippen molar-refractivity contribution in [2.75, 3.05) is 45.4 Å². The second kappa shape index (κ2) is 32.3. The Balaban J connectivity index is 1.26. The van der Waals surface area contributed by atoms with E-state index in [0.29, 0.717) is 31.8 Å². The highest BCUT2D eigenvalue weighted by Gasteiger charge is 2.55. The molecule has 31 nitrogen and oxygen atoms in total. The van der Waals surface area contributed by atoms with E-state index in [9.17, 15) is 72.5 Å². The molecule has 33 heteroatoms. The van der Waals surface area contributed by atoms with Gasteiger partial charge in [-0.15, -0.1) is 0 Å².